The Kier molecular flexibility index (Phi) is 9.31. The van der Waals surface area contributed by atoms with Crippen LogP contribution in [-0.4, -0.2) is 141 Å². The number of carbonyl (C=O) groups is 3. The van der Waals surface area contributed by atoms with Crippen LogP contribution in [0.4, 0.5) is 0 Å². The summed E-state index contributed by atoms with van der Waals surface area (Å²) in [4.78, 5) is 45.1. The molecule has 3 aliphatic heterocycles. The zero-order chi connectivity index (χ0) is 45.9. The number of nitrogens with zero attached hydrogens (tertiary/aromatic N) is 3. The first kappa shape index (κ1) is 44.1. The van der Waals surface area contributed by atoms with Gasteiger partial charge in [0.05, 0.1) is 46.1 Å². The van der Waals surface area contributed by atoms with Gasteiger partial charge in [0.2, 0.25) is 17.7 Å². The molecule has 3 saturated heterocycles. The highest BCUT2D eigenvalue weighted by atomic mass is 16.3. The number of amides is 3. The Hall–Kier alpha value is -1.91. The summed E-state index contributed by atoms with van der Waals surface area (Å²) in [7, 11) is 0. The number of likely N-dealkylation sites (tertiary alicyclic amines) is 3. The highest BCUT2D eigenvalue weighted by Gasteiger charge is 2.68. The van der Waals surface area contributed by atoms with Crippen LogP contribution in [0.1, 0.15) is 161 Å². The zero-order valence-electron chi connectivity index (χ0n) is 39.5. The van der Waals surface area contributed by atoms with Gasteiger partial charge >= 0.3 is 0 Å². The summed E-state index contributed by atoms with van der Waals surface area (Å²) in [6.45, 7) is 3.88. The van der Waals surface area contributed by atoms with Crippen LogP contribution >= 0.6 is 0 Å². The van der Waals surface area contributed by atoms with E-state index in [-0.39, 0.29) is 35.2 Å². The second-order valence-electron chi connectivity index (χ2n) is 27.8. The molecule has 16 atom stereocenters. The van der Waals surface area contributed by atoms with Crippen molar-refractivity contribution in [2.24, 2.45) is 74.9 Å². The fraction of sp³-hybridized carbons (Fsp3) is 0.942. The van der Waals surface area contributed by atoms with Crippen molar-refractivity contribution in [2.75, 3.05) is 13.1 Å². The monoisotopic (exact) mass is 917 g/mol. The van der Waals surface area contributed by atoms with Gasteiger partial charge < -0.3 is 57.4 Å². The molecule has 0 spiro atoms. The van der Waals surface area contributed by atoms with Gasteiger partial charge in [0.15, 0.2) is 0 Å². The number of carbonyl (C=O) groups excluding carboxylic acids is 3. The van der Waals surface area contributed by atoms with Crippen molar-refractivity contribution in [1.82, 2.24) is 14.7 Å². The van der Waals surface area contributed by atoms with Crippen LogP contribution in [0, 0.1) is 57.7 Å². The standard InChI is InChI=1S/C18H28N2O3.C17H26N2O3.C17H26N2O2/c1-10-2-12-3-13(12)20(10)15(21)14(19)16-4-11-5-17(22,7-16)9-18(23,6-11)8-16;18-13(14(20)19-2-1-11-3-12(11)19)15-4-10-5-16(21,7-15)9-17(22,6-10)8-15;18-14(15(20)19-2-1-12-4-13(12)19)16-5-10-3-11(6-16)8-17(21,7-10)9-16/h10-14,22-23H,2-9,19H2,1H3;10-13,21-22H,1-9,18H2;10-14,21H,1-9,18H2/t10-,11?,12-,13?,14?,16?,17?,18?;10?,11-,12?,13?,15?,16?,17?;10?,11?,12-,13?,14-,16?,17?/m111/s1. The number of hydrogen-bond donors (Lipinski definition) is 8. The van der Waals surface area contributed by atoms with Crippen LogP contribution < -0.4 is 17.2 Å². The summed E-state index contributed by atoms with van der Waals surface area (Å²) in [5, 5.41) is 54.3. The molecule has 15 aliphatic carbocycles. The molecule has 366 valence electrons. The van der Waals surface area contributed by atoms with Gasteiger partial charge in [-0.05, 0) is 195 Å². The quantitative estimate of drug-likeness (QED) is 0.193. The lowest BCUT2D eigenvalue weighted by Gasteiger charge is -2.64. The first-order chi connectivity index (χ1) is 31.0. The zero-order valence-corrected chi connectivity index (χ0v) is 39.5. The van der Waals surface area contributed by atoms with E-state index in [0.717, 1.165) is 115 Å². The average molecular weight is 917 g/mol. The van der Waals surface area contributed by atoms with Crippen molar-refractivity contribution in [3.05, 3.63) is 0 Å². The third-order valence-electron chi connectivity index (χ3n) is 22.2. The van der Waals surface area contributed by atoms with Crippen LogP contribution in [0.5, 0.6) is 0 Å². The average Bonchev–Trinajstić information content (AvgIpc) is 4.16. The molecular formula is C52H80N6O8. The van der Waals surface area contributed by atoms with E-state index < -0.39 is 50.9 Å². The SMILES string of the molecule is C[C@@H]1C[C@@H]2CC2N1C(=O)C(N)C12CC3CC(O)(CC(O)(C3)C1)C2.NC(C(=O)N1CC[C@@H]2CC21)C12CC3CC(O)(CC(O)(C3)C1)C2.N[C@H](C(=O)N1CC[C@@H]2CC21)C12CC3CC(CC(O)(C3)C1)C2. The third-order valence-corrected chi connectivity index (χ3v) is 22.2. The summed E-state index contributed by atoms with van der Waals surface area (Å²) in [5.74, 6) is 4.31. The number of piperidine rings is 3. The third kappa shape index (κ3) is 6.84. The van der Waals surface area contributed by atoms with E-state index >= 15 is 0 Å². The van der Waals surface area contributed by atoms with Gasteiger partial charge in [-0.15, -0.1) is 0 Å². The first-order valence-corrected chi connectivity index (χ1v) is 26.8. The second kappa shape index (κ2) is 13.9. The molecule has 18 aliphatic rings. The van der Waals surface area contributed by atoms with Crippen molar-refractivity contribution in [2.45, 2.75) is 231 Å². The van der Waals surface area contributed by atoms with E-state index in [1.807, 2.05) is 9.80 Å². The van der Waals surface area contributed by atoms with Gasteiger partial charge in [-0.2, -0.15) is 0 Å². The minimum atomic E-state index is -0.815. The van der Waals surface area contributed by atoms with E-state index in [1.54, 1.807) is 0 Å². The molecule has 14 heteroatoms. The molecule has 18 rings (SSSR count). The highest BCUT2D eigenvalue weighted by molar-refractivity contribution is 5.85. The number of fused-ring (bicyclic) bond motifs is 3. The number of aliphatic hydroxyl groups is 5. The lowest BCUT2D eigenvalue weighted by Crippen LogP contribution is -2.69. The normalized spacial score (nSPS) is 56.1. The van der Waals surface area contributed by atoms with Crippen molar-refractivity contribution < 1.29 is 39.9 Å². The van der Waals surface area contributed by atoms with Gasteiger partial charge in [-0.3, -0.25) is 14.4 Å². The number of rotatable bonds is 6. The van der Waals surface area contributed by atoms with Gasteiger partial charge in [0.1, 0.15) is 0 Å². The molecule has 18 fully saturated rings. The lowest BCUT2D eigenvalue weighted by atomic mass is 9.44. The number of nitrogens with two attached hydrogens (primary N) is 3. The van der Waals surface area contributed by atoms with Crippen LogP contribution in [0.25, 0.3) is 0 Å². The van der Waals surface area contributed by atoms with Gasteiger partial charge in [-0.25, -0.2) is 0 Å². The summed E-state index contributed by atoms with van der Waals surface area (Å²) in [6.07, 6.45) is 21.0. The maximum absolute atomic E-state index is 13.2. The minimum absolute atomic E-state index is 0.0663. The smallest absolute Gasteiger partial charge is 0.240 e. The van der Waals surface area contributed by atoms with Crippen molar-refractivity contribution in [3.63, 3.8) is 0 Å². The van der Waals surface area contributed by atoms with Crippen LogP contribution in [0.3, 0.4) is 0 Å². The molecule has 66 heavy (non-hydrogen) atoms. The lowest BCUT2D eigenvalue weighted by molar-refractivity contribution is -0.235. The highest BCUT2D eigenvalue weighted by Crippen LogP contribution is 2.67. The van der Waals surface area contributed by atoms with E-state index in [9.17, 15) is 39.9 Å². The number of hydrogen-bond acceptors (Lipinski definition) is 11. The Bertz CT molecular complexity index is 2030. The molecule has 3 amide bonds. The summed E-state index contributed by atoms with van der Waals surface area (Å²) >= 11 is 0. The summed E-state index contributed by atoms with van der Waals surface area (Å²) in [6, 6.07) is 0.105. The minimum Gasteiger partial charge on any atom is -0.390 e. The predicted octanol–water partition coefficient (Wildman–Crippen LogP) is 2.42. The molecule has 11 N–H and O–H groups in total. The Morgan fingerprint density at radius 3 is 1.18 bits per heavy atom. The van der Waals surface area contributed by atoms with E-state index in [1.165, 1.54) is 19.3 Å². The molecule has 11 unspecified atom stereocenters. The molecule has 12 bridgehead atoms. The molecule has 0 aromatic heterocycles. The molecule has 0 aromatic carbocycles. The molecule has 0 aromatic rings. The Morgan fingerprint density at radius 2 is 0.818 bits per heavy atom. The van der Waals surface area contributed by atoms with Gasteiger partial charge in [0, 0.05) is 60.9 Å². The summed E-state index contributed by atoms with van der Waals surface area (Å²) < 4.78 is 0. The summed E-state index contributed by atoms with van der Waals surface area (Å²) in [5.41, 5.74) is 14.9. The van der Waals surface area contributed by atoms with Crippen LogP contribution in [0.2, 0.25) is 0 Å². The molecular weight excluding hydrogens is 837 g/mol. The second-order valence-corrected chi connectivity index (χ2v) is 27.8. The van der Waals surface area contributed by atoms with Crippen molar-refractivity contribution in [1.29, 1.82) is 0 Å². The molecule has 15 saturated carbocycles. The predicted molar refractivity (Wildman–Crippen MR) is 242 cm³/mol. The fourth-order valence-electron chi connectivity index (χ4n) is 20.9. The van der Waals surface area contributed by atoms with Crippen LogP contribution in [-0.2, 0) is 14.4 Å². The van der Waals surface area contributed by atoms with Crippen molar-refractivity contribution in [3.8, 4) is 0 Å². The largest absolute Gasteiger partial charge is 0.390 e. The maximum Gasteiger partial charge on any atom is 0.240 e. The van der Waals surface area contributed by atoms with E-state index in [0.29, 0.717) is 92.2 Å². The first-order valence-electron chi connectivity index (χ1n) is 26.8. The van der Waals surface area contributed by atoms with E-state index in [2.05, 4.69) is 11.8 Å². The van der Waals surface area contributed by atoms with E-state index in [4.69, 9.17) is 17.2 Å². The fourth-order valence-corrected chi connectivity index (χ4v) is 20.9. The van der Waals surface area contributed by atoms with Crippen LogP contribution in [0.15, 0.2) is 0 Å². The Balaban J connectivity index is 0.0000000989. The van der Waals surface area contributed by atoms with Crippen molar-refractivity contribution >= 4 is 17.7 Å². The Labute approximate surface area is 390 Å². The van der Waals surface area contributed by atoms with Gasteiger partial charge in [-0.1, -0.05) is 0 Å². The maximum atomic E-state index is 13.2. The topological polar surface area (TPSA) is 240 Å². The molecule has 3 heterocycles. The molecule has 14 nitrogen and oxygen atoms in total. The Morgan fingerprint density at radius 1 is 0.439 bits per heavy atom. The molecule has 0 radical (unpaired) electrons. The van der Waals surface area contributed by atoms with Gasteiger partial charge in [0.25, 0.3) is 0 Å².